The third-order valence-corrected chi connectivity index (χ3v) is 16.8. The Morgan fingerprint density at radius 3 is 1.77 bits per heavy atom. The molecule has 420 valence electrons. The number of rotatable bonds is 22. The van der Waals surface area contributed by atoms with Crippen molar-refractivity contribution in [1.82, 2.24) is 58.6 Å². The number of fused-ring (bicyclic) bond motifs is 5. The van der Waals surface area contributed by atoms with Gasteiger partial charge in [-0.2, -0.15) is 0 Å². The molecule has 4 saturated heterocycles. The number of ether oxygens (including phenoxy) is 5. The van der Waals surface area contributed by atoms with E-state index in [0.717, 1.165) is 12.7 Å². The van der Waals surface area contributed by atoms with Gasteiger partial charge in [-0.1, -0.05) is 12.2 Å². The number of methoxy groups -OCH3 is 1. The quantitative estimate of drug-likeness (QED) is 0.0292. The van der Waals surface area contributed by atoms with Gasteiger partial charge in [-0.05, 0) is 11.8 Å². The molecule has 4 fully saturated rings. The van der Waals surface area contributed by atoms with Gasteiger partial charge >= 0.3 is 29.2 Å². The van der Waals surface area contributed by atoms with E-state index in [9.17, 15) is 38.4 Å². The second-order valence-electron chi connectivity index (χ2n) is 17.2. The van der Waals surface area contributed by atoms with E-state index < -0.39 is 135 Å². The van der Waals surface area contributed by atoms with Gasteiger partial charge in [0.15, 0.2) is 53.1 Å². The van der Waals surface area contributed by atoms with E-state index in [-0.39, 0.29) is 64.0 Å². The van der Waals surface area contributed by atoms with Crippen LogP contribution in [-0.4, -0.2) is 190 Å². The summed E-state index contributed by atoms with van der Waals surface area (Å²) in [5.74, 6) is -0.0316. The van der Waals surface area contributed by atoms with Crippen LogP contribution in [0.25, 0.3) is 33.5 Å². The molecule has 0 amide bonds. The summed E-state index contributed by atoms with van der Waals surface area (Å²) in [4.78, 5) is 81.0. The van der Waals surface area contributed by atoms with Gasteiger partial charge in [-0.15, -0.1) is 0 Å². The van der Waals surface area contributed by atoms with Crippen molar-refractivity contribution in [3.05, 3.63) is 38.0 Å². The van der Waals surface area contributed by atoms with Gasteiger partial charge in [0.05, 0.1) is 58.6 Å². The number of imidazole rings is 3. The maximum Gasteiger partial charge on any atom is 0.472 e. The molecule has 10 heterocycles. The van der Waals surface area contributed by atoms with Crippen molar-refractivity contribution in [3.63, 3.8) is 0 Å². The highest BCUT2D eigenvalue weighted by atomic mass is 32.7. The van der Waals surface area contributed by atoms with Crippen molar-refractivity contribution in [2.75, 3.05) is 64.0 Å². The summed E-state index contributed by atoms with van der Waals surface area (Å²) >= 11 is 9.25. The highest BCUT2D eigenvalue weighted by Crippen LogP contribution is 2.59. The van der Waals surface area contributed by atoms with Crippen LogP contribution in [0, 0.1) is 0 Å². The van der Waals surface area contributed by atoms with Crippen molar-refractivity contribution in [2.45, 2.75) is 79.5 Å². The largest absolute Gasteiger partial charge is 0.472 e. The predicted octanol–water partition coefficient (Wildman–Crippen LogP) is -0.858. The molecule has 0 saturated carbocycles. The number of hydrogen-bond donors (Lipinski definition) is 10. The van der Waals surface area contributed by atoms with Gasteiger partial charge in [0.25, 0.3) is 0 Å². The van der Waals surface area contributed by atoms with Gasteiger partial charge in [0, 0.05) is 13.5 Å². The normalized spacial score (nSPS) is 31.7. The van der Waals surface area contributed by atoms with Crippen LogP contribution in [0.5, 0.6) is 0 Å². The fourth-order valence-electron chi connectivity index (χ4n) is 9.18. The molecule has 10 unspecified atom stereocenters. The fraction of sp³-hybridized carbons (Fsp3) is 0.571. The van der Waals surface area contributed by atoms with Crippen LogP contribution in [0.1, 0.15) is 25.1 Å². The topological polar surface area (TPSA) is 492 Å². The van der Waals surface area contributed by atoms with E-state index in [4.69, 9.17) is 89.5 Å². The standard InChI is InChI=1S/C35H47N15O21P4S2/c1-60-21-16(7-63-72(53,54)62-5-3-51)67-33(49-13-46-18-27(37)40-10-43-30(18)49)23(21)69-73(55,56)64-6-15-20(52)22(32(66-15)48-12-45-17-26(36)39-9-42-29(17)48)70-75(59,77)65-8-35-2-4-61-24(25(35)71-74(57,58)76)34(68-35)50-14-47-19-28(38)41-11-44-31(19)50/h9-16,20-25,32-34,51-52H,2-8H2,1H3,(H,53,54)(H,55,56)(H,59,77)(H2,36,39,42)(H2,37,40,43)(H2,38,41,44)(H2,57,58,76)/t15-,16-,20?,21?,22?,23?,24?,25?,32-,33-,34-,35+,75?/m1/s1. The van der Waals surface area contributed by atoms with Crippen LogP contribution in [0.2, 0.25) is 0 Å². The van der Waals surface area contributed by atoms with Crippen LogP contribution in [0.15, 0.2) is 38.0 Å². The summed E-state index contributed by atoms with van der Waals surface area (Å²) in [6.07, 6.45) is -9.26. The minimum absolute atomic E-state index is 0.0177. The Hall–Kier alpha value is -3.98. The molecule has 2 bridgehead atoms. The number of aliphatic hydroxyl groups excluding tert-OH is 2. The molecule has 4 aliphatic heterocycles. The Morgan fingerprint density at radius 2 is 1.22 bits per heavy atom. The lowest BCUT2D eigenvalue weighted by Crippen LogP contribution is -2.52. The van der Waals surface area contributed by atoms with Crippen molar-refractivity contribution in [1.29, 1.82) is 0 Å². The molecule has 4 aliphatic rings. The molecule has 36 nitrogen and oxygen atoms in total. The van der Waals surface area contributed by atoms with E-state index in [1.54, 1.807) is 0 Å². The Bertz CT molecular complexity index is 3350. The summed E-state index contributed by atoms with van der Waals surface area (Å²) in [5.41, 5.74) is 17.1. The fourth-order valence-corrected chi connectivity index (χ4v) is 13.2. The van der Waals surface area contributed by atoms with E-state index in [1.165, 1.54) is 46.1 Å². The summed E-state index contributed by atoms with van der Waals surface area (Å²) in [6, 6.07) is 0. The summed E-state index contributed by atoms with van der Waals surface area (Å²) < 4.78 is 112. The first-order valence-electron chi connectivity index (χ1n) is 22.4. The SMILES string of the molecule is COC1C(OP(=O)(O)OC[C@H]2O[C@@H](n3cnc4c(N)ncnc43)C(OP(O)(=S)OC[C@@]34CCOC(C3OP(=O)(O)S)[C@H](n3cnc5c(N)ncnc53)O4)C2O)[C@H](n2cnc3c(N)ncnc32)O[C@@H]1COP(=O)(O)OCCO. The first-order valence-corrected chi connectivity index (χ1v) is 30.7. The highest BCUT2D eigenvalue weighted by Gasteiger charge is 2.62. The summed E-state index contributed by atoms with van der Waals surface area (Å²) in [6.45, 7) is -12.8. The maximum absolute atomic E-state index is 14.1. The van der Waals surface area contributed by atoms with Gasteiger partial charge < -0.3 is 75.2 Å². The Morgan fingerprint density at radius 1 is 0.701 bits per heavy atom. The van der Waals surface area contributed by atoms with Crippen LogP contribution in [0.4, 0.5) is 17.5 Å². The molecular formula is C35H47N15O21P4S2. The van der Waals surface area contributed by atoms with Gasteiger partial charge in [0.2, 0.25) is 0 Å². The minimum atomic E-state index is -5.38. The monoisotopic (exact) mass is 1200 g/mol. The van der Waals surface area contributed by atoms with Crippen molar-refractivity contribution < 1.29 is 98.8 Å². The van der Waals surface area contributed by atoms with E-state index in [2.05, 4.69) is 57.1 Å². The third kappa shape index (κ3) is 11.4. The molecule has 77 heavy (non-hydrogen) atoms. The van der Waals surface area contributed by atoms with E-state index >= 15 is 0 Å². The number of aliphatic hydroxyl groups is 2. The molecule has 12 N–H and O–H groups in total. The van der Waals surface area contributed by atoms with E-state index in [0.29, 0.717) is 0 Å². The molecule has 6 aromatic rings. The number of hydrogen-bond acceptors (Lipinski definition) is 30. The number of phosphoric acid groups is 2. The van der Waals surface area contributed by atoms with Crippen LogP contribution in [-0.2, 0) is 80.9 Å². The number of nitrogens with zero attached hydrogens (tertiary/aromatic N) is 12. The zero-order valence-corrected chi connectivity index (χ0v) is 44.6. The Labute approximate surface area is 441 Å². The zero-order valence-electron chi connectivity index (χ0n) is 39.3. The highest BCUT2D eigenvalue weighted by molar-refractivity contribution is 8.44. The number of thiol groups is 1. The zero-order chi connectivity index (χ0) is 54.8. The molecule has 0 radical (unpaired) electrons. The molecule has 0 spiro atoms. The Balaban J connectivity index is 0.894. The van der Waals surface area contributed by atoms with Gasteiger partial charge in [0.1, 0.15) is 90.0 Å². The number of nitrogens with two attached hydrogens (primary N) is 3. The second kappa shape index (κ2) is 21.8. The smallest absolute Gasteiger partial charge is 0.394 e. The van der Waals surface area contributed by atoms with E-state index in [1.807, 2.05) is 0 Å². The average Bonchev–Trinajstić information content (AvgIpc) is 4.29. The maximum atomic E-state index is 14.1. The average molecular weight is 1200 g/mol. The molecule has 42 heteroatoms. The second-order valence-corrected chi connectivity index (χ2v) is 25.6. The van der Waals surface area contributed by atoms with Crippen molar-refractivity contribution >= 4 is 104 Å². The summed E-state index contributed by atoms with van der Waals surface area (Å²) in [7, 11) is -8.97. The van der Waals surface area contributed by atoms with Gasteiger partial charge in [-0.25, -0.2) is 58.6 Å². The van der Waals surface area contributed by atoms with Crippen LogP contribution < -0.4 is 17.2 Å². The number of nitrogen functional groups attached to an aromatic ring is 3. The predicted molar refractivity (Wildman–Crippen MR) is 262 cm³/mol. The third-order valence-electron chi connectivity index (χ3n) is 12.5. The number of anilines is 3. The van der Waals surface area contributed by atoms with Gasteiger partial charge in [-0.3, -0.25) is 40.8 Å². The first kappa shape index (κ1) is 56.3. The molecule has 10 rings (SSSR count). The van der Waals surface area contributed by atoms with Crippen LogP contribution >= 0.6 is 41.4 Å². The minimum Gasteiger partial charge on any atom is -0.394 e. The lowest BCUT2D eigenvalue weighted by atomic mass is 9.90. The molecular weight excluding hydrogens is 1150 g/mol. The number of phosphoric ester groups is 2. The molecule has 16 atom stereocenters. The first-order chi connectivity index (χ1) is 36.5. The molecule has 0 aromatic carbocycles. The Kier molecular flexibility index (Phi) is 16.0. The lowest BCUT2D eigenvalue weighted by molar-refractivity contribution is -0.134. The van der Waals surface area contributed by atoms with Crippen molar-refractivity contribution in [2.24, 2.45) is 0 Å². The molecule has 6 aromatic heterocycles. The van der Waals surface area contributed by atoms with Crippen molar-refractivity contribution in [3.8, 4) is 0 Å². The van der Waals surface area contributed by atoms with Crippen LogP contribution in [0.3, 0.4) is 0 Å². The molecule has 0 aliphatic carbocycles. The number of aromatic nitrogens is 12. The summed E-state index contributed by atoms with van der Waals surface area (Å²) in [5, 5.41) is 21.1. The lowest BCUT2D eigenvalue weighted by Gasteiger charge is -2.38.